The number of aliphatic hydroxyl groups excluding tert-OH is 1. The SMILES string of the molecule is CCCCN(CCC(O)c1cccc(Br)c1)C1CC1. The van der Waals surface area contributed by atoms with Crippen molar-refractivity contribution in [3.63, 3.8) is 0 Å². The van der Waals surface area contributed by atoms with Gasteiger partial charge in [0.15, 0.2) is 0 Å². The van der Waals surface area contributed by atoms with Gasteiger partial charge in [-0.1, -0.05) is 41.4 Å². The fourth-order valence-corrected chi connectivity index (χ4v) is 2.86. The fourth-order valence-electron chi connectivity index (χ4n) is 2.45. The molecule has 0 aliphatic heterocycles. The smallest absolute Gasteiger partial charge is 0.0802 e. The van der Waals surface area contributed by atoms with E-state index in [9.17, 15) is 5.11 Å². The molecule has 1 aromatic carbocycles. The second-order valence-electron chi connectivity index (χ2n) is 5.48. The predicted molar refractivity (Wildman–Crippen MR) is 83.2 cm³/mol. The molecule has 0 spiro atoms. The summed E-state index contributed by atoms with van der Waals surface area (Å²) in [6, 6.07) is 8.79. The number of halogens is 1. The Kier molecular flexibility index (Phi) is 5.86. The lowest BCUT2D eigenvalue weighted by atomic mass is 10.1. The van der Waals surface area contributed by atoms with Crippen LogP contribution in [0, 0.1) is 0 Å². The van der Waals surface area contributed by atoms with Gasteiger partial charge in [-0.25, -0.2) is 0 Å². The van der Waals surface area contributed by atoms with Gasteiger partial charge < -0.3 is 10.0 Å². The Morgan fingerprint density at radius 2 is 2.16 bits per heavy atom. The van der Waals surface area contributed by atoms with Crippen LogP contribution in [0.3, 0.4) is 0 Å². The van der Waals surface area contributed by atoms with Crippen LogP contribution in [-0.4, -0.2) is 29.1 Å². The van der Waals surface area contributed by atoms with Crippen LogP contribution in [0.1, 0.15) is 50.7 Å². The number of unbranched alkanes of at least 4 members (excludes halogenated alkanes) is 1. The summed E-state index contributed by atoms with van der Waals surface area (Å²) in [4.78, 5) is 2.56. The lowest BCUT2D eigenvalue weighted by molar-refractivity contribution is 0.138. The molecule has 0 radical (unpaired) electrons. The summed E-state index contributed by atoms with van der Waals surface area (Å²) in [5.41, 5.74) is 1.01. The highest BCUT2D eigenvalue weighted by molar-refractivity contribution is 9.10. The quantitative estimate of drug-likeness (QED) is 0.776. The van der Waals surface area contributed by atoms with Gasteiger partial charge in [0.1, 0.15) is 0 Å². The average molecular weight is 326 g/mol. The molecule has 0 bridgehead atoms. The van der Waals surface area contributed by atoms with Crippen LogP contribution in [0.4, 0.5) is 0 Å². The van der Waals surface area contributed by atoms with Crippen LogP contribution in [0.5, 0.6) is 0 Å². The molecule has 3 heteroatoms. The maximum absolute atomic E-state index is 10.3. The van der Waals surface area contributed by atoms with Crippen molar-refractivity contribution < 1.29 is 5.11 Å². The molecule has 1 unspecified atom stereocenters. The highest BCUT2D eigenvalue weighted by atomic mass is 79.9. The number of aliphatic hydroxyl groups is 1. The Labute approximate surface area is 124 Å². The molecule has 1 fully saturated rings. The Morgan fingerprint density at radius 3 is 2.79 bits per heavy atom. The van der Waals surface area contributed by atoms with Gasteiger partial charge >= 0.3 is 0 Å². The topological polar surface area (TPSA) is 23.5 Å². The fraction of sp³-hybridized carbons (Fsp3) is 0.625. The van der Waals surface area contributed by atoms with Gasteiger partial charge in [-0.2, -0.15) is 0 Å². The third-order valence-electron chi connectivity index (χ3n) is 3.79. The summed E-state index contributed by atoms with van der Waals surface area (Å²) >= 11 is 3.46. The zero-order valence-corrected chi connectivity index (χ0v) is 13.3. The molecule has 2 nitrogen and oxygen atoms in total. The average Bonchev–Trinajstić information content (AvgIpc) is 3.23. The van der Waals surface area contributed by atoms with Gasteiger partial charge in [0.05, 0.1) is 6.10 Å². The van der Waals surface area contributed by atoms with Gasteiger partial charge in [-0.15, -0.1) is 0 Å². The summed E-state index contributed by atoms with van der Waals surface area (Å²) in [5.74, 6) is 0. The molecule has 1 aromatic rings. The first-order chi connectivity index (χ1) is 9.20. The molecule has 1 N–H and O–H groups in total. The Balaban J connectivity index is 1.82. The summed E-state index contributed by atoms with van der Waals surface area (Å²) in [7, 11) is 0. The van der Waals surface area contributed by atoms with Gasteiger partial charge in [0.25, 0.3) is 0 Å². The summed E-state index contributed by atoms with van der Waals surface area (Å²) in [6.07, 6.45) is 5.69. The highest BCUT2D eigenvalue weighted by Gasteiger charge is 2.28. The number of rotatable bonds is 8. The molecule has 2 rings (SSSR count). The van der Waals surface area contributed by atoms with Crippen molar-refractivity contribution in [2.45, 2.75) is 51.2 Å². The maximum atomic E-state index is 10.3. The van der Waals surface area contributed by atoms with Crippen LogP contribution in [-0.2, 0) is 0 Å². The van der Waals surface area contributed by atoms with Crippen LogP contribution < -0.4 is 0 Å². The van der Waals surface area contributed by atoms with E-state index in [1.165, 1.54) is 32.2 Å². The van der Waals surface area contributed by atoms with E-state index in [4.69, 9.17) is 0 Å². The van der Waals surface area contributed by atoms with Crippen molar-refractivity contribution in [1.82, 2.24) is 4.90 Å². The molecule has 0 aromatic heterocycles. The van der Waals surface area contributed by atoms with Crippen molar-refractivity contribution in [1.29, 1.82) is 0 Å². The lowest BCUT2D eigenvalue weighted by Gasteiger charge is -2.23. The molecule has 1 aliphatic carbocycles. The van der Waals surface area contributed by atoms with Crippen molar-refractivity contribution in [3.8, 4) is 0 Å². The molecule has 0 amide bonds. The van der Waals surface area contributed by atoms with Crippen LogP contribution in [0.2, 0.25) is 0 Å². The van der Waals surface area contributed by atoms with E-state index in [1.807, 2.05) is 24.3 Å². The summed E-state index contributed by atoms with van der Waals surface area (Å²) in [5, 5.41) is 10.3. The van der Waals surface area contributed by atoms with Crippen LogP contribution in [0.15, 0.2) is 28.7 Å². The van der Waals surface area contributed by atoms with E-state index in [0.717, 1.165) is 29.0 Å². The molecule has 0 saturated heterocycles. The normalized spacial score (nSPS) is 16.8. The molecule has 1 atom stereocenters. The van der Waals surface area contributed by atoms with Crippen LogP contribution >= 0.6 is 15.9 Å². The van der Waals surface area contributed by atoms with Gasteiger partial charge in [-0.05, 0) is 49.9 Å². The number of hydrogen-bond donors (Lipinski definition) is 1. The van der Waals surface area contributed by atoms with E-state index in [1.54, 1.807) is 0 Å². The third kappa shape index (κ3) is 4.90. The minimum absolute atomic E-state index is 0.347. The maximum Gasteiger partial charge on any atom is 0.0802 e. The van der Waals surface area contributed by atoms with E-state index >= 15 is 0 Å². The Morgan fingerprint density at radius 1 is 1.37 bits per heavy atom. The molecule has 1 saturated carbocycles. The van der Waals surface area contributed by atoms with E-state index in [-0.39, 0.29) is 6.10 Å². The Bertz CT molecular complexity index is 392. The first-order valence-electron chi connectivity index (χ1n) is 7.38. The first kappa shape index (κ1) is 15.0. The first-order valence-corrected chi connectivity index (χ1v) is 8.17. The Hall–Kier alpha value is -0.380. The molecular weight excluding hydrogens is 302 g/mol. The molecular formula is C16H24BrNO. The van der Waals surface area contributed by atoms with Gasteiger partial charge in [0, 0.05) is 17.1 Å². The number of hydrogen-bond acceptors (Lipinski definition) is 2. The lowest BCUT2D eigenvalue weighted by Crippen LogP contribution is -2.29. The number of benzene rings is 1. The highest BCUT2D eigenvalue weighted by Crippen LogP contribution is 2.28. The number of nitrogens with zero attached hydrogens (tertiary/aromatic N) is 1. The zero-order chi connectivity index (χ0) is 13.7. The van der Waals surface area contributed by atoms with Crippen molar-refractivity contribution in [3.05, 3.63) is 34.3 Å². The zero-order valence-electron chi connectivity index (χ0n) is 11.7. The third-order valence-corrected chi connectivity index (χ3v) is 4.28. The predicted octanol–water partition coefficient (Wildman–Crippen LogP) is 4.14. The minimum Gasteiger partial charge on any atom is -0.388 e. The summed E-state index contributed by atoms with van der Waals surface area (Å²) in [6.45, 7) is 4.44. The largest absolute Gasteiger partial charge is 0.388 e. The molecule has 1 aliphatic rings. The van der Waals surface area contributed by atoms with Crippen molar-refractivity contribution in [2.75, 3.05) is 13.1 Å². The minimum atomic E-state index is -0.347. The van der Waals surface area contributed by atoms with Crippen molar-refractivity contribution >= 4 is 15.9 Å². The monoisotopic (exact) mass is 325 g/mol. The van der Waals surface area contributed by atoms with Gasteiger partial charge in [-0.3, -0.25) is 0 Å². The molecule has 19 heavy (non-hydrogen) atoms. The van der Waals surface area contributed by atoms with Gasteiger partial charge in [0.2, 0.25) is 0 Å². The second kappa shape index (κ2) is 7.41. The van der Waals surface area contributed by atoms with E-state index < -0.39 is 0 Å². The second-order valence-corrected chi connectivity index (χ2v) is 6.40. The van der Waals surface area contributed by atoms with E-state index in [0.29, 0.717) is 0 Å². The molecule has 0 heterocycles. The van der Waals surface area contributed by atoms with Crippen molar-refractivity contribution in [2.24, 2.45) is 0 Å². The summed E-state index contributed by atoms with van der Waals surface area (Å²) < 4.78 is 1.04. The standard InChI is InChI=1S/C16H24BrNO/c1-2-3-10-18(15-7-8-15)11-9-16(19)13-5-4-6-14(17)12-13/h4-6,12,15-16,19H,2-3,7-11H2,1H3. The van der Waals surface area contributed by atoms with Crippen LogP contribution in [0.25, 0.3) is 0 Å². The molecule has 106 valence electrons. The van der Waals surface area contributed by atoms with E-state index in [2.05, 4.69) is 27.8 Å².